The van der Waals surface area contributed by atoms with Crippen LogP contribution in [0.5, 0.6) is 5.75 Å². The van der Waals surface area contributed by atoms with Gasteiger partial charge in [-0.2, -0.15) is 0 Å². The molecule has 0 N–H and O–H groups in total. The number of aryl methyl sites for hydroxylation is 2. The lowest BCUT2D eigenvalue weighted by Gasteiger charge is -2.12. The summed E-state index contributed by atoms with van der Waals surface area (Å²) in [5.41, 5.74) is 9.36. The summed E-state index contributed by atoms with van der Waals surface area (Å²) in [6.07, 6.45) is 4.10. The summed E-state index contributed by atoms with van der Waals surface area (Å²) < 4.78 is 13.2. The van der Waals surface area contributed by atoms with Gasteiger partial charge in [-0.3, -0.25) is 0 Å². The summed E-state index contributed by atoms with van der Waals surface area (Å²) in [5, 5.41) is 0. The van der Waals surface area contributed by atoms with Gasteiger partial charge in [0.05, 0.1) is 30.0 Å². The third-order valence-corrected chi connectivity index (χ3v) is 6.11. The number of methoxy groups -OCH3 is 1. The number of aromatic nitrogens is 2. The van der Waals surface area contributed by atoms with E-state index in [0.717, 1.165) is 33.3 Å². The van der Waals surface area contributed by atoms with Crippen molar-refractivity contribution in [3.05, 3.63) is 100 Å². The molecule has 5 nitrogen and oxygen atoms in total. The maximum atomic E-state index is 12.0. The summed E-state index contributed by atoms with van der Waals surface area (Å²) in [6.45, 7) is 5.34. The highest BCUT2D eigenvalue weighted by molar-refractivity contribution is 5.92. The van der Waals surface area contributed by atoms with Gasteiger partial charge in [-0.1, -0.05) is 30.3 Å². The van der Waals surface area contributed by atoms with Crippen molar-refractivity contribution in [3.8, 4) is 5.75 Å². The summed E-state index contributed by atoms with van der Waals surface area (Å²) in [7, 11) is 1.38. The lowest BCUT2D eigenvalue weighted by Crippen LogP contribution is -2.03. The molecule has 0 atom stereocenters. The molecule has 160 valence electrons. The standard InChI is InChI=1S/C27H24N2O3/c1-17-12-24-25(13-18(17)2)29(16-28-24)11-10-22-21-7-5-4-6-20(21)15-32-26-14-19(27(30)31-3)8-9-23(22)26/h4-10,12-14,16H,11,15H2,1-3H3/b22-10+. The Morgan fingerprint density at radius 1 is 1.09 bits per heavy atom. The number of allylic oxidation sites excluding steroid dienone is 1. The first-order chi connectivity index (χ1) is 15.5. The summed E-state index contributed by atoms with van der Waals surface area (Å²) in [6, 6.07) is 18.1. The maximum absolute atomic E-state index is 12.0. The van der Waals surface area contributed by atoms with E-state index in [0.29, 0.717) is 24.5 Å². The van der Waals surface area contributed by atoms with Crippen molar-refractivity contribution in [1.29, 1.82) is 0 Å². The Labute approximate surface area is 186 Å². The number of carbonyl (C=O) groups is 1. The average molecular weight is 425 g/mol. The Bertz CT molecular complexity index is 1380. The third-order valence-electron chi connectivity index (χ3n) is 6.11. The average Bonchev–Trinajstić information content (AvgIpc) is 3.11. The number of benzene rings is 3. The second kappa shape index (κ2) is 8.00. The predicted molar refractivity (Wildman–Crippen MR) is 125 cm³/mol. The molecule has 0 fully saturated rings. The first-order valence-corrected chi connectivity index (χ1v) is 10.6. The molecule has 1 aliphatic rings. The van der Waals surface area contributed by atoms with Gasteiger partial charge in [0.2, 0.25) is 0 Å². The SMILES string of the molecule is COC(=O)c1ccc2c(c1)OCc1ccccc1/C2=C\Cn1cnc2cc(C)c(C)cc21. The van der Waals surface area contributed by atoms with Crippen molar-refractivity contribution in [2.45, 2.75) is 27.0 Å². The van der Waals surface area contributed by atoms with Gasteiger partial charge >= 0.3 is 5.97 Å². The lowest BCUT2D eigenvalue weighted by atomic mass is 9.93. The highest BCUT2D eigenvalue weighted by Crippen LogP contribution is 2.37. The smallest absolute Gasteiger partial charge is 0.337 e. The second-order valence-electron chi connectivity index (χ2n) is 8.09. The van der Waals surface area contributed by atoms with Gasteiger partial charge in [0.1, 0.15) is 12.4 Å². The van der Waals surface area contributed by atoms with E-state index >= 15 is 0 Å². The molecule has 2 heterocycles. The fourth-order valence-electron chi connectivity index (χ4n) is 4.19. The molecule has 0 saturated carbocycles. The maximum Gasteiger partial charge on any atom is 0.337 e. The van der Waals surface area contributed by atoms with Gasteiger partial charge in [0.25, 0.3) is 0 Å². The minimum absolute atomic E-state index is 0.376. The molecule has 0 amide bonds. The molecule has 0 radical (unpaired) electrons. The van der Waals surface area contributed by atoms with E-state index < -0.39 is 0 Å². The summed E-state index contributed by atoms with van der Waals surface area (Å²) in [4.78, 5) is 16.6. The van der Waals surface area contributed by atoms with Crippen LogP contribution >= 0.6 is 0 Å². The highest BCUT2D eigenvalue weighted by Gasteiger charge is 2.21. The fourth-order valence-corrected chi connectivity index (χ4v) is 4.19. The van der Waals surface area contributed by atoms with Crippen LogP contribution in [0.4, 0.5) is 0 Å². The second-order valence-corrected chi connectivity index (χ2v) is 8.09. The molecule has 0 bridgehead atoms. The molecule has 0 aliphatic carbocycles. The Kier molecular flexibility index (Phi) is 5.02. The number of fused-ring (bicyclic) bond motifs is 3. The molecule has 0 spiro atoms. The summed E-state index contributed by atoms with van der Waals surface area (Å²) in [5.74, 6) is 0.302. The van der Waals surface area contributed by atoms with E-state index in [1.165, 1.54) is 18.2 Å². The van der Waals surface area contributed by atoms with Crippen LogP contribution in [0.2, 0.25) is 0 Å². The van der Waals surface area contributed by atoms with Gasteiger partial charge in [-0.25, -0.2) is 9.78 Å². The van der Waals surface area contributed by atoms with Gasteiger partial charge in [0, 0.05) is 12.1 Å². The minimum atomic E-state index is -0.376. The molecule has 32 heavy (non-hydrogen) atoms. The normalized spacial score (nSPS) is 13.9. The van der Waals surface area contributed by atoms with Crippen LogP contribution in [-0.4, -0.2) is 22.6 Å². The molecule has 0 saturated heterocycles. The van der Waals surface area contributed by atoms with E-state index in [1.54, 1.807) is 12.1 Å². The van der Waals surface area contributed by atoms with Crippen molar-refractivity contribution in [2.24, 2.45) is 0 Å². The lowest BCUT2D eigenvalue weighted by molar-refractivity contribution is 0.0600. The van der Waals surface area contributed by atoms with Gasteiger partial charge in [0.15, 0.2) is 0 Å². The number of hydrogen-bond donors (Lipinski definition) is 0. The summed E-state index contributed by atoms with van der Waals surface area (Å²) >= 11 is 0. The van der Waals surface area contributed by atoms with Crippen molar-refractivity contribution < 1.29 is 14.3 Å². The number of imidazole rings is 1. The molecular weight excluding hydrogens is 400 g/mol. The quantitative estimate of drug-likeness (QED) is 0.410. The van der Waals surface area contributed by atoms with E-state index in [2.05, 4.69) is 53.7 Å². The largest absolute Gasteiger partial charge is 0.488 e. The van der Waals surface area contributed by atoms with Crippen LogP contribution in [0.25, 0.3) is 16.6 Å². The molecule has 1 aromatic heterocycles. The number of carbonyl (C=O) groups excluding carboxylic acids is 1. The van der Waals surface area contributed by atoms with Crippen LogP contribution in [0.1, 0.15) is 38.2 Å². The highest BCUT2D eigenvalue weighted by atomic mass is 16.5. The first-order valence-electron chi connectivity index (χ1n) is 10.6. The molecular formula is C27H24N2O3. The zero-order valence-corrected chi connectivity index (χ0v) is 18.4. The van der Waals surface area contributed by atoms with Crippen molar-refractivity contribution in [1.82, 2.24) is 9.55 Å². The zero-order chi connectivity index (χ0) is 22.2. The van der Waals surface area contributed by atoms with E-state index in [4.69, 9.17) is 9.47 Å². The van der Waals surface area contributed by atoms with Crippen LogP contribution in [-0.2, 0) is 17.9 Å². The fraction of sp³-hybridized carbons (Fsp3) is 0.185. The van der Waals surface area contributed by atoms with E-state index in [1.807, 2.05) is 24.5 Å². The first kappa shape index (κ1) is 20.1. The number of ether oxygens (including phenoxy) is 2. The number of esters is 1. The Morgan fingerprint density at radius 3 is 2.75 bits per heavy atom. The Balaban J connectivity index is 1.62. The van der Waals surface area contributed by atoms with Crippen molar-refractivity contribution in [3.63, 3.8) is 0 Å². The molecule has 5 rings (SSSR count). The molecule has 4 aromatic rings. The monoisotopic (exact) mass is 424 g/mol. The van der Waals surface area contributed by atoms with Gasteiger partial charge in [-0.15, -0.1) is 0 Å². The number of nitrogens with zero attached hydrogens (tertiary/aromatic N) is 2. The molecule has 3 aromatic carbocycles. The molecule has 0 unspecified atom stereocenters. The van der Waals surface area contributed by atoms with Crippen LogP contribution in [0, 0.1) is 13.8 Å². The van der Waals surface area contributed by atoms with Gasteiger partial charge in [-0.05, 0) is 72.0 Å². The Morgan fingerprint density at radius 2 is 1.91 bits per heavy atom. The van der Waals surface area contributed by atoms with Crippen LogP contribution in [0.15, 0.2) is 67.0 Å². The number of rotatable bonds is 3. The van der Waals surface area contributed by atoms with Gasteiger partial charge < -0.3 is 14.0 Å². The topological polar surface area (TPSA) is 53.4 Å². The minimum Gasteiger partial charge on any atom is -0.488 e. The van der Waals surface area contributed by atoms with Crippen molar-refractivity contribution in [2.75, 3.05) is 7.11 Å². The van der Waals surface area contributed by atoms with Crippen molar-refractivity contribution >= 4 is 22.6 Å². The van der Waals surface area contributed by atoms with Crippen LogP contribution in [0.3, 0.4) is 0 Å². The van der Waals surface area contributed by atoms with Crippen LogP contribution < -0.4 is 4.74 Å². The van der Waals surface area contributed by atoms with E-state index in [-0.39, 0.29) is 5.97 Å². The zero-order valence-electron chi connectivity index (χ0n) is 18.4. The number of hydrogen-bond acceptors (Lipinski definition) is 4. The van der Waals surface area contributed by atoms with E-state index in [9.17, 15) is 4.79 Å². The third kappa shape index (κ3) is 3.46. The predicted octanol–water partition coefficient (Wildman–Crippen LogP) is 5.46. The molecule has 1 aliphatic heterocycles. The Hall–Kier alpha value is -3.86. The molecule has 5 heteroatoms.